The standard InChI is InChI=1S/C19H26N6O/c1-23(9-15-10-24-6-7-26-13-19(24)20-15)16-11-25(12-16)18-8-14-4-2-3-5-17(14)21-22-18/h8,10,16H,2-7,9,11-13H2,1H3. The summed E-state index contributed by atoms with van der Waals surface area (Å²) < 4.78 is 7.70. The second-order valence-electron chi connectivity index (χ2n) is 7.75. The van der Waals surface area contributed by atoms with Gasteiger partial charge in [0.05, 0.1) is 18.0 Å². The van der Waals surface area contributed by atoms with Crippen LogP contribution in [0.25, 0.3) is 0 Å². The lowest BCUT2D eigenvalue weighted by Gasteiger charge is -2.44. The average Bonchev–Trinajstić information content (AvgIpc) is 3.02. The Labute approximate surface area is 154 Å². The van der Waals surface area contributed by atoms with Crippen LogP contribution in [0.3, 0.4) is 0 Å². The first-order valence-corrected chi connectivity index (χ1v) is 9.69. The number of hydrogen-bond donors (Lipinski definition) is 0. The first-order chi connectivity index (χ1) is 12.8. The molecular formula is C19H26N6O. The molecule has 1 saturated heterocycles. The van der Waals surface area contributed by atoms with Gasteiger partial charge < -0.3 is 14.2 Å². The number of ether oxygens (including phenoxy) is 1. The van der Waals surface area contributed by atoms with E-state index < -0.39 is 0 Å². The van der Waals surface area contributed by atoms with Gasteiger partial charge in [0.1, 0.15) is 12.4 Å². The summed E-state index contributed by atoms with van der Waals surface area (Å²) in [7, 11) is 2.19. The number of fused-ring (bicyclic) bond motifs is 2. The Balaban J connectivity index is 1.19. The summed E-state index contributed by atoms with van der Waals surface area (Å²) in [5.41, 5.74) is 3.76. The maximum atomic E-state index is 5.48. The SMILES string of the molecule is CN(Cc1cn2c(n1)COCC2)C1CN(c2cc3c(nn2)CCCC3)C1. The van der Waals surface area contributed by atoms with Gasteiger partial charge in [-0.05, 0) is 44.4 Å². The van der Waals surface area contributed by atoms with Gasteiger partial charge in [-0.15, -0.1) is 5.10 Å². The van der Waals surface area contributed by atoms with Gasteiger partial charge in [0.15, 0.2) is 5.82 Å². The zero-order valence-electron chi connectivity index (χ0n) is 15.4. The molecule has 0 aromatic carbocycles. The Morgan fingerprint density at radius 3 is 3.00 bits per heavy atom. The highest BCUT2D eigenvalue weighted by Gasteiger charge is 2.32. The Bertz CT molecular complexity index is 774. The van der Waals surface area contributed by atoms with Crippen molar-refractivity contribution in [2.75, 3.05) is 31.6 Å². The van der Waals surface area contributed by atoms with Crippen molar-refractivity contribution in [3.8, 4) is 0 Å². The Morgan fingerprint density at radius 2 is 2.12 bits per heavy atom. The Kier molecular flexibility index (Phi) is 4.13. The number of aromatic nitrogens is 4. The summed E-state index contributed by atoms with van der Waals surface area (Å²) in [6.45, 7) is 5.26. The molecule has 26 heavy (non-hydrogen) atoms. The zero-order valence-corrected chi connectivity index (χ0v) is 15.4. The number of nitrogens with zero attached hydrogens (tertiary/aromatic N) is 6. The molecule has 0 N–H and O–H groups in total. The van der Waals surface area contributed by atoms with Gasteiger partial charge in [-0.3, -0.25) is 4.90 Å². The lowest BCUT2D eigenvalue weighted by Crippen LogP contribution is -2.58. The van der Waals surface area contributed by atoms with Crippen molar-refractivity contribution < 1.29 is 4.74 Å². The molecule has 0 atom stereocenters. The molecule has 2 aliphatic heterocycles. The van der Waals surface area contributed by atoms with E-state index in [1.54, 1.807) is 0 Å². The van der Waals surface area contributed by atoms with Gasteiger partial charge in [-0.25, -0.2) is 4.98 Å². The van der Waals surface area contributed by atoms with Crippen LogP contribution >= 0.6 is 0 Å². The molecule has 138 valence electrons. The first kappa shape index (κ1) is 16.2. The van der Waals surface area contributed by atoms with Crippen LogP contribution in [0, 0.1) is 0 Å². The third kappa shape index (κ3) is 2.99. The quantitative estimate of drug-likeness (QED) is 0.827. The van der Waals surface area contributed by atoms with Crippen molar-refractivity contribution in [1.82, 2.24) is 24.6 Å². The molecule has 0 unspecified atom stereocenters. The predicted molar refractivity (Wildman–Crippen MR) is 98.0 cm³/mol. The van der Waals surface area contributed by atoms with Gasteiger partial charge in [0, 0.05) is 38.4 Å². The van der Waals surface area contributed by atoms with E-state index in [2.05, 4.69) is 43.9 Å². The molecule has 0 bridgehead atoms. The number of rotatable bonds is 4. The summed E-state index contributed by atoms with van der Waals surface area (Å²) in [6, 6.07) is 2.81. The molecule has 3 aliphatic rings. The molecule has 7 heteroatoms. The zero-order chi connectivity index (χ0) is 17.5. The van der Waals surface area contributed by atoms with Crippen molar-refractivity contribution in [2.24, 2.45) is 0 Å². The van der Waals surface area contributed by atoms with Crippen LogP contribution in [-0.2, 0) is 37.3 Å². The van der Waals surface area contributed by atoms with E-state index in [9.17, 15) is 0 Å². The molecule has 0 radical (unpaired) electrons. The fraction of sp³-hybridized carbons (Fsp3) is 0.632. The molecule has 7 nitrogen and oxygen atoms in total. The van der Waals surface area contributed by atoms with Crippen molar-refractivity contribution in [1.29, 1.82) is 0 Å². The fourth-order valence-corrected chi connectivity index (χ4v) is 4.16. The van der Waals surface area contributed by atoms with Gasteiger partial charge >= 0.3 is 0 Å². The molecule has 0 saturated carbocycles. The van der Waals surface area contributed by atoms with Gasteiger partial charge in [-0.2, -0.15) is 5.10 Å². The fourth-order valence-electron chi connectivity index (χ4n) is 4.16. The number of imidazole rings is 1. The summed E-state index contributed by atoms with van der Waals surface area (Å²) in [6.07, 6.45) is 6.96. The molecule has 2 aromatic rings. The van der Waals surface area contributed by atoms with Gasteiger partial charge in [0.2, 0.25) is 0 Å². The topological polar surface area (TPSA) is 59.3 Å². The van der Waals surface area contributed by atoms with E-state index >= 15 is 0 Å². The van der Waals surface area contributed by atoms with Gasteiger partial charge in [0.25, 0.3) is 0 Å². The number of likely N-dealkylation sites (N-methyl/N-ethyl adjacent to an activating group) is 1. The lowest BCUT2D eigenvalue weighted by atomic mass is 9.96. The second-order valence-corrected chi connectivity index (χ2v) is 7.75. The van der Waals surface area contributed by atoms with Crippen LogP contribution in [-0.4, -0.2) is 57.4 Å². The highest BCUT2D eigenvalue weighted by Crippen LogP contribution is 2.26. The monoisotopic (exact) mass is 354 g/mol. The van der Waals surface area contributed by atoms with E-state index in [1.165, 1.54) is 24.1 Å². The molecule has 1 fully saturated rings. The first-order valence-electron chi connectivity index (χ1n) is 9.69. The highest BCUT2D eigenvalue weighted by molar-refractivity contribution is 5.45. The third-order valence-electron chi connectivity index (χ3n) is 5.89. The maximum absolute atomic E-state index is 5.48. The second kappa shape index (κ2) is 6.63. The minimum atomic E-state index is 0.544. The van der Waals surface area contributed by atoms with Crippen LogP contribution in [0.4, 0.5) is 5.82 Å². The highest BCUT2D eigenvalue weighted by atomic mass is 16.5. The van der Waals surface area contributed by atoms with E-state index in [-0.39, 0.29) is 0 Å². The normalized spacial score (nSPS) is 20.0. The molecule has 0 spiro atoms. The minimum Gasteiger partial charge on any atom is -0.372 e. The number of anilines is 1. The van der Waals surface area contributed by atoms with E-state index in [1.807, 2.05) is 0 Å². The van der Waals surface area contributed by atoms with Crippen LogP contribution < -0.4 is 4.90 Å². The Hall–Kier alpha value is -1.99. The van der Waals surface area contributed by atoms with Gasteiger partial charge in [-0.1, -0.05) is 0 Å². The van der Waals surface area contributed by atoms with E-state index in [0.717, 1.165) is 63.0 Å². The van der Waals surface area contributed by atoms with Crippen LogP contribution in [0.2, 0.25) is 0 Å². The van der Waals surface area contributed by atoms with Crippen molar-refractivity contribution in [2.45, 2.75) is 51.4 Å². The molecule has 1 aliphatic carbocycles. The molecule has 5 rings (SSSR count). The minimum absolute atomic E-state index is 0.544. The molecule has 0 amide bonds. The number of aryl methyl sites for hydroxylation is 2. The average molecular weight is 354 g/mol. The number of hydrogen-bond acceptors (Lipinski definition) is 6. The summed E-state index contributed by atoms with van der Waals surface area (Å²) in [5, 5.41) is 8.93. The predicted octanol–water partition coefficient (Wildman–Crippen LogP) is 1.40. The molecule has 2 aromatic heterocycles. The van der Waals surface area contributed by atoms with E-state index in [0.29, 0.717) is 12.6 Å². The van der Waals surface area contributed by atoms with Crippen LogP contribution in [0.15, 0.2) is 12.3 Å². The smallest absolute Gasteiger partial charge is 0.151 e. The summed E-state index contributed by atoms with van der Waals surface area (Å²) in [5.74, 6) is 2.10. The summed E-state index contributed by atoms with van der Waals surface area (Å²) >= 11 is 0. The summed E-state index contributed by atoms with van der Waals surface area (Å²) in [4.78, 5) is 9.46. The van der Waals surface area contributed by atoms with Crippen molar-refractivity contribution >= 4 is 5.82 Å². The maximum Gasteiger partial charge on any atom is 0.151 e. The van der Waals surface area contributed by atoms with E-state index in [4.69, 9.17) is 9.72 Å². The largest absolute Gasteiger partial charge is 0.372 e. The van der Waals surface area contributed by atoms with Crippen molar-refractivity contribution in [3.05, 3.63) is 35.0 Å². The van der Waals surface area contributed by atoms with Crippen molar-refractivity contribution in [3.63, 3.8) is 0 Å². The van der Waals surface area contributed by atoms with Crippen LogP contribution in [0.5, 0.6) is 0 Å². The molecule has 4 heterocycles. The molecular weight excluding hydrogens is 328 g/mol. The van der Waals surface area contributed by atoms with Crippen LogP contribution in [0.1, 0.15) is 35.6 Å². The Morgan fingerprint density at radius 1 is 1.23 bits per heavy atom. The lowest BCUT2D eigenvalue weighted by molar-refractivity contribution is 0.0816. The third-order valence-corrected chi connectivity index (χ3v) is 5.89.